The van der Waals surface area contributed by atoms with Gasteiger partial charge in [-0.2, -0.15) is 9.50 Å². The molecular weight excluding hydrogens is 451 g/mol. The second-order valence-electron chi connectivity index (χ2n) is 8.65. The third kappa shape index (κ3) is 4.17. The molecule has 0 bridgehead atoms. The molecule has 4 heterocycles. The molecule has 1 unspecified atom stereocenters. The average Bonchev–Trinajstić information content (AvgIpc) is 3.19. The second-order valence-corrected chi connectivity index (χ2v) is 8.65. The van der Waals surface area contributed by atoms with Crippen LogP contribution in [0.5, 0.6) is 0 Å². The van der Waals surface area contributed by atoms with Gasteiger partial charge in [-0.15, -0.1) is 5.92 Å². The Hall–Kier alpha value is -4.04. The van der Waals surface area contributed by atoms with E-state index in [1.807, 2.05) is 4.90 Å². The number of aryl methyl sites for hydroxylation is 1. The molecule has 35 heavy (non-hydrogen) atoms. The molecule has 1 atom stereocenters. The zero-order chi connectivity index (χ0) is 24.7. The van der Waals surface area contributed by atoms with Crippen LogP contribution in [0.3, 0.4) is 0 Å². The molecule has 3 aromatic heterocycles. The highest BCUT2D eigenvalue weighted by Crippen LogP contribution is 2.19. The van der Waals surface area contributed by atoms with Crippen molar-refractivity contribution in [2.45, 2.75) is 45.8 Å². The summed E-state index contributed by atoms with van der Waals surface area (Å²) in [7, 11) is 0. The third-order valence-electron chi connectivity index (χ3n) is 6.18. The van der Waals surface area contributed by atoms with E-state index >= 15 is 0 Å². The molecular formula is C24H25FN8O2. The van der Waals surface area contributed by atoms with E-state index in [0.717, 1.165) is 24.0 Å². The first-order chi connectivity index (χ1) is 16.9. The molecule has 1 aliphatic rings. The Morgan fingerprint density at radius 3 is 2.80 bits per heavy atom. The van der Waals surface area contributed by atoms with E-state index in [-0.39, 0.29) is 36.4 Å². The summed E-state index contributed by atoms with van der Waals surface area (Å²) < 4.78 is 17.7. The smallest absolute Gasteiger partial charge is 0.339 e. The van der Waals surface area contributed by atoms with E-state index in [1.54, 1.807) is 24.6 Å². The maximum Gasteiger partial charge on any atom is 0.352 e. The highest BCUT2D eigenvalue weighted by atomic mass is 19.1. The number of halogens is 1. The summed E-state index contributed by atoms with van der Waals surface area (Å²) in [4.78, 5) is 42.0. The molecule has 1 aromatic carbocycles. The molecule has 4 aromatic rings. The number of piperidine rings is 1. The number of fused-ring (bicyclic) bond motifs is 2. The van der Waals surface area contributed by atoms with Crippen LogP contribution in [0.15, 0.2) is 33.9 Å². The van der Waals surface area contributed by atoms with E-state index < -0.39 is 11.2 Å². The van der Waals surface area contributed by atoms with Crippen LogP contribution in [0, 0.1) is 24.6 Å². The van der Waals surface area contributed by atoms with E-state index in [1.165, 1.54) is 22.7 Å². The third-order valence-corrected chi connectivity index (χ3v) is 6.18. The lowest BCUT2D eigenvalue weighted by Crippen LogP contribution is -2.44. The van der Waals surface area contributed by atoms with E-state index in [9.17, 15) is 14.0 Å². The fourth-order valence-corrected chi connectivity index (χ4v) is 4.50. The van der Waals surface area contributed by atoms with Gasteiger partial charge in [0.15, 0.2) is 5.65 Å². The summed E-state index contributed by atoms with van der Waals surface area (Å²) in [5, 5.41) is 0.578. The zero-order valence-corrected chi connectivity index (χ0v) is 19.5. The molecule has 1 saturated heterocycles. The summed E-state index contributed by atoms with van der Waals surface area (Å²) in [6.07, 6.45) is 1.84. The Kier molecular flexibility index (Phi) is 5.82. The predicted octanol–water partition coefficient (Wildman–Crippen LogP) is 1.05. The van der Waals surface area contributed by atoms with Crippen LogP contribution in [-0.2, 0) is 13.1 Å². The molecule has 10 nitrogen and oxygen atoms in total. The van der Waals surface area contributed by atoms with Gasteiger partial charge in [-0.25, -0.2) is 23.8 Å². The lowest BCUT2D eigenvalue weighted by molar-refractivity contribution is 0.485. The number of aromatic nitrogens is 6. The number of nitrogens with zero attached hydrogens (tertiary/aromatic N) is 7. The molecule has 1 aliphatic heterocycles. The normalized spacial score (nSPS) is 16.0. The minimum Gasteiger partial charge on any atom is -0.339 e. The highest BCUT2D eigenvalue weighted by molar-refractivity contribution is 5.80. The van der Waals surface area contributed by atoms with Gasteiger partial charge < -0.3 is 10.6 Å². The number of hydrogen-bond donors (Lipinski definition) is 1. The topological polar surface area (TPSA) is 116 Å². The molecule has 5 rings (SSSR count). The Morgan fingerprint density at radius 1 is 1.20 bits per heavy atom. The molecule has 0 radical (unpaired) electrons. The Balaban J connectivity index is 1.63. The van der Waals surface area contributed by atoms with Gasteiger partial charge in [0, 0.05) is 36.3 Å². The van der Waals surface area contributed by atoms with Crippen LogP contribution < -0.4 is 21.9 Å². The molecule has 1 fully saturated rings. The van der Waals surface area contributed by atoms with Crippen LogP contribution in [0.2, 0.25) is 0 Å². The monoisotopic (exact) mass is 476 g/mol. The van der Waals surface area contributed by atoms with E-state index in [0.29, 0.717) is 29.1 Å². The maximum atomic E-state index is 13.6. The molecule has 0 amide bonds. The van der Waals surface area contributed by atoms with Gasteiger partial charge >= 0.3 is 5.69 Å². The summed E-state index contributed by atoms with van der Waals surface area (Å²) in [6.45, 7) is 4.90. The number of anilines is 1. The summed E-state index contributed by atoms with van der Waals surface area (Å²) in [6, 6.07) is 5.56. The van der Waals surface area contributed by atoms with Crippen molar-refractivity contribution < 1.29 is 4.39 Å². The molecule has 0 saturated carbocycles. The fraction of sp³-hybridized carbons (Fsp3) is 0.375. The van der Waals surface area contributed by atoms with Gasteiger partial charge in [-0.05, 0) is 44.9 Å². The van der Waals surface area contributed by atoms with Crippen LogP contribution >= 0.6 is 0 Å². The first kappa shape index (κ1) is 22.7. The quantitative estimate of drug-likeness (QED) is 0.438. The Morgan fingerprint density at radius 2 is 2.03 bits per heavy atom. The first-order valence-corrected chi connectivity index (χ1v) is 11.4. The number of hydrogen-bond acceptors (Lipinski definition) is 7. The minimum atomic E-state index is -0.564. The van der Waals surface area contributed by atoms with Crippen LogP contribution in [0.4, 0.5) is 10.3 Å². The van der Waals surface area contributed by atoms with E-state index in [4.69, 9.17) is 5.73 Å². The first-order valence-electron chi connectivity index (χ1n) is 11.4. The fourth-order valence-electron chi connectivity index (χ4n) is 4.50. The van der Waals surface area contributed by atoms with Crippen molar-refractivity contribution >= 4 is 22.5 Å². The average molecular weight is 477 g/mol. The lowest BCUT2D eigenvalue weighted by Gasteiger charge is -2.31. The molecule has 180 valence electrons. The van der Waals surface area contributed by atoms with Crippen LogP contribution in [0.1, 0.15) is 31.3 Å². The number of benzene rings is 1. The van der Waals surface area contributed by atoms with Crippen molar-refractivity contribution in [1.29, 1.82) is 0 Å². The van der Waals surface area contributed by atoms with Gasteiger partial charge in [-0.1, -0.05) is 5.92 Å². The molecule has 0 aliphatic carbocycles. The van der Waals surface area contributed by atoms with Gasteiger partial charge in [0.05, 0.1) is 12.1 Å². The molecule has 2 N–H and O–H groups in total. The van der Waals surface area contributed by atoms with Crippen LogP contribution in [-0.4, -0.2) is 47.8 Å². The van der Waals surface area contributed by atoms with Crippen molar-refractivity contribution in [1.82, 2.24) is 28.7 Å². The highest BCUT2D eigenvalue weighted by Gasteiger charge is 2.24. The summed E-state index contributed by atoms with van der Waals surface area (Å²) >= 11 is 0. The van der Waals surface area contributed by atoms with Crippen molar-refractivity contribution in [3.63, 3.8) is 0 Å². The summed E-state index contributed by atoms with van der Waals surface area (Å²) in [5.74, 6) is 6.29. The van der Waals surface area contributed by atoms with Gasteiger partial charge in [0.25, 0.3) is 5.56 Å². The Bertz CT molecular complexity index is 1620. The van der Waals surface area contributed by atoms with Crippen LogP contribution in [0.25, 0.3) is 16.6 Å². The van der Waals surface area contributed by atoms with Crippen molar-refractivity contribution in [3.05, 3.63) is 62.4 Å². The number of rotatable bonds is 4. The SMILES string of the molecule is CC#CCn1c(N2CCCC(N)C2)nc2cc(=O)n(Cc3nc(C)c4cc(F)ccc4n3)c(=O)n21. The van der Waals surface area contributed by atoms with E-state index in [2.05, 4.69) is 26.8 Å². The zero-order valence-electron chi connectivity index (χ0n) is 19.5. The largest absolute Gasteiger partial charge is 0.352 e. The Labute approximate surface area is 199 Å². The van der Waals surface area contributed by atoms with Gasteiger partial charge in [0.1, 0.15) is 18.2 Å². The maximum absolute atomic E-state index is 13.6. The van der Waals surface area contributed by atoms with Gasteiger partial charge in [0.2, 0.25) is 5.95 Å². The lowest BCUT2D eigenvalue weighted by atomic mass is 10.1. The second kappa shape index (κ2) is 8.96. The number of nitrogens with two attached hydrogens (primary N) is 1. The molecule has 11 heteroatoms. The predicted molar refractivity (Wildman–Crippen MR) is 130 cm³/mol. The van der Waals surface area contributed by atoms with Crippen molar-refractivity contribution in [3.8, 4) is 11.8 Å². The van der Waals surface area contributed by atoms with Crippen molar-refractivity contribution in [2.24, 2.45) is 5.73 Å². The summed E-state index contributed by atoms with van der Waals surface area (Å²) in [5.41, 5.74) is 6.44. The van der Waals surface area contributed by atoms with Crippen molar-refractivity contribution in [2.75, 3.05) is 18.0 Å². The molecule has 0 spiro atoms. The standard InChI is InChI=1S/C24H25FN8O2/c1-3-4-10-32-23(30-9-5-6-17(26)13-30)29-21-12-22(34)31(24(35)33(21)32)14-20-27-15(2)18-11-16(25)7-8-19(18)28-20/h7-8,11-12,17H,5-6,9-10,13-14,26H2,1-2H3. The minimum absolute atomic E-state index is 0.00719. The van der Waals surface area contributed by atoms with Gasteiger partial charge in [-0.3, -0.25) is 9.36 Å².